The minimum Gasteiger partial charge on any atom is -0.277 e. The van der Waals surface area contributed by atoms with Crippen LogP contribution in [0.4, 0.5) is 0 Å². The van der Waals surface area contributed by atoms with Crippen LogP contribution in [0.5, 0.6) is 0 Å². The monoisotopic (exact) mass is 279 g/mol. The largest absolute Gasteiger partial charge is 0.277 e. The first-order valence-electron chi connectivity index (χ1n) is 4.49. The van der Waals surface area contributed by atoms with Crippen LogP contribution >= 0.6 is 35.0 Å². The molecule has 0 aromatic heterocycles. The SMILES string of the molecule is CONC(=O)C(C)Sc1cc(Cl)ccc1Cl. The summed E-state index contributed by atoms with van der Waals surface area (Å²) < 4.78 is 0. The zero-order valence-corrected chi connectivity index (χ0v) is 11.1. The Hall–Kier alpha value is -0.420. The number of benzene rings is 1. The van der Waals surface area contributed by atoms with Gasteiger partial charge >= 0.3 is 0 Å². The molecule has 0 aliphatic heterocycles. The van der Waals surface area contributed by atoms with Crippen molar-refractivity contribution in [2.24, 2.45) is 0 Å². The molecule has 1 atom stereocenters. The van der Waals surface area contributed by atoms with Crippen LogP contribution in [-0.2, 0) is 9.63 Å². The van der Waals surface area contributed by atoms with Crippen LogP contribution in [0.3, 0.4) is 0 Å². The molecule has 0 heterocycles. The quantitative estimate of drug-likeness (QED) is 0.680. The van der Waals surface area contributed by atoms with Gasteiger partial charge in [-0.25, -0.2) is 5.48 Å². The lowest BCUT2D eigenvalue weighted by Gasteiger charge is -2.11. The van der Waals surface area contributed by atoms with Crippen LogP contribution in [0.15, 0.2) is 23.1 Å². The highest BCUT2D eigenvalue weighted by Crippen LogP contribution is 2.32. The number of carbonyl (C=O) groups is 1. The molecule has 0 aliphatic carbocycles. The van der Waals surface area contributed by atoms with Crippen LogP contribution in [0.2, 0.25) is 10.0 Å². The van der Waals surface area contributed by atoms with E-state index in [1.165, 1.54) is 18.9 Å². The first kappa shape index (κ1) is 13.6. The van der Waals surface area contributed by atoms with E-state index in [0.717, 1.165) is 4.90 Å². The van der Waals surface area contributed by atoms with Crippen molar-refractivity contribution in [3.8, 4) is 0 Å². The van der Waals surface area contributed by atoms with Crippen molar-refractivity contribution in [1.29, 1.82) is 0 Å². The average Bonchev–Trinajstić information content (AvgIpc) is 2.23. The van der Waals surface area contributed by atoms with Gasteiger partial charge in [0.15, 0.2) is 0 Å². The maximum absolute atomic E-state index is 11.4. The lowest BCUT2D eigenvalue weighted by molar-refractivity contribution is -0.130. The predicted molar refractivity (Wildman–Crippen MR) is 66.9 cm³/mol. The van der Waals surface area contributed by atoms with Crippen LogP contribution in [0, 0.1) is 0 Å². The number of nitrogens with one attached hydrogen (secondary N) is 1. The van der Waals surface area contributed by atoms with Gasteiger partial charge in [-0.15, -0.1) is 11.8 Å². The molecule has 0 spiro atoms. The van der Waals surface area contributed by atoms with Crippen molar-refractivity contribution < 1.29 is 9.63 Å². The van der Waals surface area contributed by atoms with Gasteiger partial charge in [-0.05, 0) is 25.1 Å². The van der Waals surface area contributed by atoms with Crippen LogP contribution in [0.25, 0.3) is 0 Å². The molecule has 88 valence electrons. The molecular weight excluding hydrogens is 269 g/mol. The van der Waals surface area contributed by atoms with Crippen molar-refractivity contribution in [3.05, 3.63) is 28.2 Å². The van der Waals surface area contributed by atoms with Crippen molar-refractivity contribution in [2.45, 2.75) is 17.1 Å². The Morgan fingerprint density at radius 3 is 2.81 bits per heavy atom. The smallest absolute Gasteiger partial charge is 0.256 e. The predicted octanol–water partition coefficient (Wildman–Crippen LogP) is 3.15. The average molecular weight is 280 g/mol. The molecule has 16 heavy (non-hydrogen) atoms. The summed E-state index contributed by atoms with van der Waals surface area (Å²) in [7, 11) is 1.39. The van der Waals surface area contributed by atoms with E-state index in [0.29, 0.717) is 10.0 Å². The first-order valence-corrected chi connectivity index (χ1v) is 6.12. The summed E-state index contributed by atoms with van der Waals surface area (Å²) in [5.41, 5.74) is 2.26. The molecule has 0 saturated carbocycles. The summed E-state index contributed by atoms with van der Waals surface area (Å²) in [5.74, 6) is -0.219. The van der Waals surface area contributed by atoms with Crippen LogP contribution < -0.4 is 5.48 Å². The normalized spacial score (nSPS) is 12.2. The van der Waals surface area contributed by atoms with E-state index in [1.54, 1.807) is 25.1 Å². The fraction of sp³-hybridized carbons (Fsp3) is 0.300. The second-order valence-corrected chi connectivity index (χ2v) is 5.23. The fourth-order valence-electron chi connectivity index (χ4n) is 0.995. The van der Waals surface area contributed by atoms with Crippen molar-refractivity contribution in [3.63, 3.8) is 0 Å². The molecule has 0 aliphatic rings. The topological polar surface area (TPSA) is 38.3 Å². The number of amides is 1. The molecule has 1 N–H and O–H groups in total. The van der Waals surface area contributed by atoms with Crippen molar-refractivity contribution in [2.75, 3.05) is 7.11 Å². The Balaban J connectivity index is 2.72. The Kier molecular flexibility index (Phi) is 5.41. The lowest BCUT2D eigenvalue weighted by atomic mass is 10.4. The maximum atomic E-state index is 11.4. The number of rotatable bonds is 4. The summed E-state index contributed by atoms with van der Waals surface area (Å²) >= 11 is 13.1. The molecular formula is C10H11Cl2NO2S. The third-order valence-electron chi connectivity index (χ3n) is 1.77. The fourth-order valence-corrected chi connectivity index (χ4v) is 2.39. The molecule has 3 nitrogen and oxygen atoms in total. The second-order valence-electron chi connectivity index (χ2n) is 3.01. The molecule has 1 unspecified atom stereocenters. The highest BCUT2D eigenvalue weighted by Gasteiger charge is 2.15. The first-order chi connectivity index (χ1) is 7.54. The van der Waals surface area contributed by atoms with Gasteiger partial charge in [-0.2, -0.15) is 0 Å². The molecule has 0 saturated heterocycles. The van der Waals surface area contributed by atoms with Gasteiger partial charge in [-0.3, -0.25) is 9.63 Å². The zero-order chi connectivity index (χ0) is 12.1. The molecule has 0 radical (unpaired) electrons. The van der Waals surface area contributed by atoms with Gasteiger partial charge in [0.25, 0.3) is 5.91 Å². The van der Waals surface area contributed by atoms with E-state index >= 15 is 0 Å². The summed E-state index contributed by atoms with van der Waals surface area (Å²) in [5, 5.41) is 0.855. The molecule has 1 aromatic carbocycles. The van der Waals surface area contributed by atoms with E-state index in [1.807, 2.05) is 0 Å². The third-order valence-corrected chi connectivity index (χ3v) is 3.60. The minimum absolute atomic E-state index is 0.219. The number of hydrogen-bond acceptors (Lipinski definition) is 3. The number of hydrogen-bond donors (Lipinski definition) is 1. The summed E-state index contributed by atoms with van der Waals surface area (Å²) in [4.78, 5) is 16.7. The van der Waals surface area contributed by atoms with Crippen molar-refractivity contribution in [1.82, 2.24) is 5.48 Å². The summed E-state index contributed by atoms with van der Waals surface area (Å²) in [6.07, 6.45) is 0. The molecule has 1 aromatic rings. The van der Waals surface area contributed by atoms with Gasteiger partial charge in [0, 0.05) is 9.92 Å². The Labute approximate surface area is 108 Å². The van der Waals surface area contributed by atoms with Gasteiger partial charge in [0.2, 0.25) is 0 Å². The van der Waals surface area contributed by atoms with E-state index < -0.39 is 0 Å². The second kappa shape index (κ2) is 6.35. The van der Waals surface area contributed by atoms with Gasteiger partial charge < -0.3 is 0 Å². The van der Waals surface area contributed by atoms with Crippen LogP contribution in [0.1, 0.15) is 6.92 Å². The molecule has 1 rings (SSSR count). The summed E-state index contributed by atoms with van der Waals surface area (Å²) in [6, 6.07) is 5.13. The van der Waals surface area contributed by atoms with E-state index in [4.69, 9.17) is 23.2 Å². The third kappa shape index (κ3) is 3.87. The van der Waals surface area contributed by atoms with Crippen molar-refractivity contribution >= 4 is 40.9 Å². The molecule has 6 heteroatoms. The number of hydroxylamine groups is 1. The minimum atomic E-state index is -0.309. The standard InChI is InChI=1S/C10H11Cl2NO2S/c1-6(10(14)13-15-2)16-9-5-7(11)3-4-8(9)12/h3-6H,1-2H3,(H,13,14). The number of thioether (sulfide) groups is 1. The summed E-state index contributed by atoms with van der Waals surface area (Å²) in [6.45, 7) is 1.76. The van der Waals surface area contributed by atoms with E-state index in [-0.39, 0.29) is 11.2 Å². The number of carbonyl (C=O) groups excluding carboxylic acids is 1. The Bertz CT molecular complexity index is 387. The van der Waals surface area contributed by atoms with Gasteiger partial charge in [-0.1, -0.05) is 23.2 Å². The highest BCUT2D eigenvalue weighted by molar-refractivity contribution is 8.00. The highest BCUT2D eigenvalue weighted by atomic mass is 35.5. The van der Waals surface area contributed by atoms with E-state index in [9.17, 15) is 4.79 Å². The van der Waals surface area contributed by atoms with E-state index in [2.05, 4.69) is 10.3 Å². The zero-order valence-electron chi connectivity index (χ0n) is 8.79. The Morgan fingerprint density at radius 1 is 1.50 bits per heavy atom. The van der Waals surface area contributed by atoms with Crippen LogP contribution in [-0.4, -0.2) is 18.3 Å². The maximum Gasteiger partial charge on any atom is 0.256 e. The number of halogens is 2. The van der Waals surface area contributed by atoms with Gasteiger partial charge in [0.1, 0.15) is 0 Å². The van der Waals surface area contributed by atoms with Gasteiger partial charge in [0.05, 0.1) is 17.4 Å². The molecule has 1 amide bonds. The molecule has 0 fully saturated rings. The molecule has 0 bridgehead atoms. The lowest BCUT2D eigenvalue weighted by Crippen LogP contribution is -2.29. The Morgan fingerprint density at radius 2 is 2.19 bits per heavy atom.